The number of imidazole rings is 1. The highest BCUT2D eigenvalue weighted by Gasteiger charge is 2.22. The van der Waals surface area contributed by atoms with Gasteiger partial charge in [-0.1, -0.05) is 77.8 Å². The number of aromatic nitrogens is 2. The number of hydrogen-bond acceptors (Lipinski definition) is 4. The number of carbonyl (C=O) groups is 1. The molecule has 1 N–H and O–H groups in total. The number of nitrogens with one attached hydrogen (secondary N) is 1. The van der Waals surface area contributed by atoms with Crippen molar-refractivity contribution in [2.45, 2.75) is 6.42 Å². The summed E-state index contributed by atoms with van der Waals surface area (Å²) in [6.45, 7) is 3.64. The lowest BCUT2D eigenvalue weighted by molar-refractivity contribution is -0.138. The lowest BCUT2D eigenvalue weighted by Gasteiger charge is -2.12. The summed E-state index contributed by atoms with van der Waals surface area (Å²) in [5.74, 6) is 0.398. The third-order valence-electron chi connectivity index (χ3n) is 5.17. The molecule has 0 fully saturated rings. The van der Waals surface area contributed by atoms with E-state index in [0.717, 1.165) is 16.7 Å². The number of benzene rings is 3. The van der Waals surface area contributed by atoms with E-state index >= 15 is 0 Å². The molecule has 0 aliphatic rings. The minimum absolute atomic E-state index is 0.171. The van der Waals surface area contributed by atoms with Gasteiger partial charge in [0, 0.05) is 23.3 Å². The lowest BCUT2D eigenvalue weighted by atomic mass is 10.1. The van der Waals surface area contributed by atoms with E-state index in [1.165, 1.54) is 7.11 Å². The Morgan fingerprint density at radius 1 is 0.971 bits per heavy atom. The van der Waals surface area contributed by atoms with Crippen molar-refractivity contribution in [1.82, 2.24) is 9.97 Å². The fourth-order valence-electron chi connectivity index (χ4n) is 3.68. The zero-order valence-electron chi connectivity index (χ0n) is 18.5. The molecule has 172 valence electrons. The van der Waals surface area contributed by atoms with E-state index in [1.807, 2.05) is 66.7 Å². The molecule has 0 atom stereocenters. The molecule has 4 aromatic rings. The fraction of sp³-hybridized carbons (Fsp3) is 0.111. The highest BCUT2D eigenvalue weighted by Crippen LogP contribution is 2.41. The Bertz CT molecular complexity index is 1280. The summed E-state index contributed by atoms with van der Waals surface area (Å²) in [7, 11) is 1.44. The topological polar surface area (TPSA) is 64.2 Å². The maximum absolute atomic E-state index is 12.3. The number of rotatable bonds is 8. The van der Waals surface area contributed by atoms with Crippen LogP contribution in [-0.4, -0.2) is 29.7 Å². The van der Waals surface area contributed by atoms with Crippen LogP contribution in [0.5, 0.6) is 5.75 Å². The zero-order valence-corrected chi connectivity index (χ0v) is 20.0. The molecule has 0 aliphatic heterocycles. The van der Waals surface area contributed by atoms with Crippen molar-refractivity contribution < 1.29 is 14.3 Å². The van der Waals surface area contributed by atoms with E-state index < -0.39 is 5.97 Å². The molecule has 0 saturated heterocycles. The second-order valence-corrected chi connectivity index (χ2v) is 8.28. The molecule has 0 unspecified atom stereocenters. The molecule has 5 nitrogen and oxygen atoms in total. The van der Waals surface area contributed by atoms with Crippen LogP contribution >= 0.6 is 23.2 Å². The molecular weight excluding hydrogens is 471 g/mol. The standard InChI is InChI=1S/C27H22Cl2N2O3/c1-3-9-17-10-8-13-20(26(17)34-23(32)16-33-2)27-30-24(18-11-4-6-14-21(18)28)25(31-27)19-12-5-7-15-22(19)29/h3-8,10-15H,1,9,16H2,2H3,(H,30,31). The first kappa shape index (κ1) is 23.8. The summed E-state index contributed by atoms with van der Waals surface area (Å²) in [4.78, 5) is 20.6. The number of H-pyrrole nitrogens is 1. The van der Waals surface area contributed by atoms with Crippen LogP contribution in [0.3, 0.4) is 0 Å². The molecule has 0 bridgehead atoms. The Labute approximate surface area is 208 Å². The van der Waals surface area contributed by atoms with Crippen LogP contribution < -0.4 is 4.74 Å². The lowest BCUT2D eigenvalue weighted by Crippen LogP contribution is -2.15. The molecule has 4 rings (SSSR count). The maximum atomic E-state index is 12.3. The molecule has 0 aliphatic carbocycles. The first-order valence-corrected chi connectivity index (χ1v) is 11.3. The van der Waals surface area contributed by atoms with Gasteiger partial charge in [-0.25, -0.2) is 9.78 Å². The molecule has 0 amide bonds. The van der Waals surface area contributed by atoms with E-state index in [9.17, 15) is 4.79 Å². The Balaban J connectivity index is 1.94. The second kappa shape index (κ2) is 10.7. The monoisotopic (exact) mass is 492 g/mol. The molecule has 0 saturated carbocycles. The summed E-state index contributed by atoms with van der Waals surface area (Å²) >= 11 is 13.1. The van der Waals surface area contributed by atoms with Gasteiger partial charge >= 0.3 is 5.97 Å². The van der Waals surface area contributed by atoms with Crippen molar-refractivity contribution in [1.29, 1.82) is 0 Å². The number of methoxy groups -OCH3 is 1. The van der Waals surface area contributed by atoms with Gasteiger partial charge in [0.15, 0.2) is 0 Å². The minimum atomic E-state index is -0.510. The Hall–Kier alpha value is -3.38. The van der Waals surface area contributed by atoms with Gasteiger partial charge in [-0.3, -0.25) is 0 Å². The van der Waals surface area contributed by atoms with Crippen molar-refractivity contribution in [2.75, 3.05) is 13.7 Å². The number of halogens is 2. The van der Waals surface area contributed by atoms with Crippen LogP contribution in [0, 0.1) is 0 Å². The summed E-state index contributed by atoms with van der Waals surface area (Å²) in [6, 6.07) is 20.6. The number of esters is 1. The van der Waals surface area contributed by atoms with Crippen molar-refractivity contribution in [3.05, 3.63) is 95.0 Å². The number of para-hydroxylation sites is 1. The summed E-state index contributed by atoms with van der Waals surface area (Å²) in [6.07, 6.45) is 2.26. The van der Waals surface area contributed by atoms with Gasteiger partial charge in [-0.05, 0) is 30.2 Å². The molecule has 0 spiro atoms. The first-order valence-electron chi connectivity index (χ1n) is 10.6. The molecule has 3 aromatic carbocycles. The van der Waals surface area contributed by atoms with Crippen molar-refractivity contribution in [2.24, 2.45) is 0 Å². The largest absolute Gasteiger partial charge is 0.424 e. The van der Waals surface area contributed by atoms with Gasteiger partial charge in [0.1, 0.15) is 18.2 Å². The minimum Gasteiger partial charge on any atom is -0.424 e. The number of aromatic amines is 1. The van der Waals surface area contributed by atoms with E-state index in [1.54, 1.807) is 6.08 Å². The third kappa shape index (κ3) is 4.92. The predicted octanol–water partition coefficient (Wildman–Crippen LogP) is 7.00. The molecule has 1 heterocycles. The smallest absolute Gasteiger partial charge is 0.337 e. The van der Waals surface area contributed by atoms with Crippen LogP contribution in [0.2, 0.25) is 10.0 Å². The average Bonchev–Trinajstić information content (AvgIpc) is 3.26. The van der Waals surface area contributed by atoms with Gasteiger partial charge in [-0.2, -0.15) is 0 Å². The van der Waals surface area contributed by atoms with Crippen molar-refractivity contribution in [3.8, 4) is 39.7 Å². The fourth-order valence-corrected chi connectivity index (χ4v) is 4.13. The highest BCUT2D eigenvalue weighted by atomic mass is 35.5. The summed E-state index contributed by atoms with van der Waals surface area (Å²) < 4.78 is 10.6. The number of allylic oxidation sites excluding steroid dienone is 1. The van der Waals surface area contributed by atoms with E-state index in [2.05, 4.69) is 11.6 Å². The van der Waals surface area contributed by atoms with E-state index in [-0.39, 0.29) is 6.61 Å². The van der Waals surface area contributed by atoms with Gasteiger partial charge < -0.3 is 14.5 Å². The van der Waals surface area contributed by atoms with Crippen LogP contribution in [0.4, 0.5) is 0 Å². The number of ether oxygens (including phenoxy) is 2. The van der Waals surface area contributed by atoms with Gasteiger partial charge in [0.25, 0.3) is 0 Å². The second-order valence-electron chi connectivity index (χ2n) is 7.46. The zero-order chi connectivity index (χ0) is 24.1. The van der Waals surface area contributed by atoms with Crippen LogP contribution in [-0.2, 0) is 16.0 Å². The number of hydrogen-bond donors (Lipinski definition) is 1. The Morgan fingerprint density at radius 2 is 1.62 bits per heavy atom. The third-order valence-corrected chi connectivity index (χ3v) is 5.83. The average molecular weight is 493 g/mol. The van der Waals surface area contributed by atoms with Crippen LogP contribution in [0.1, 0.15) is 5.56 Å². The predicted molar refractivity (Wildman–Crippen MR) is 136 cm³/mol. The Kier molecular flexibility index (Phi) is 7.48. The van der Waals surface area contributed by atoms with E-state index in [0.29, 0.717) is 45.0 Å². The molecule has 0 radical (unpaired) electrons. The van der Waals surface area contributed by atoms with Gasteiger partial charge in [-0.15, -0.1) is 6.58 Å². The SMILES string of the molecule is C=CCc1cccc(-c2nc(-c3ccccc3Cl)c(-c3ccccc3Cl)[nH]2)c1OC(=O)COC. The normalized spacial score (nSPS) is 10.8. The number of carbonyl (C=O) groups excluding carboxylic acids is 1. The van der Waals surface area contributed by atoms with Crippen molar-refractivity contribution in [3.63, 3.8) is 0 Å². The quantitative estimate of drug-likeness (QED) is 0.163. The first-order chi connectivity index (χ1) is 16.5. The molecule has 34 heavy (non-hydrogen) atoms. The Morgan fingerprint density at radius 3 is 2.26 bits per heavy atom. The highest BCUT2D eigenvalue weighted by molar-refractivity contribution is 6.34. The van der Waals surface area contributed by atoms with Crippen LogP contribution in [0.15, 0.2) is 79.4 Å². The van der Waals surface area contributed by atoms with Crippen molar-refractivity contribution >= 4 is 29.2 Å². The molecule has 1 aromatic heterocycles. The van der Waals surface area contributed by atoms with E-state index in [4.69, 9.17) is 37.7 Å². The van der Waals surface area contributed by atoms with Crippen LogP contribution in [0.25, 0.3) is 33.9 Å². The summed E-state index contributed by atoms with van der Waals surface area (Å²) in [5, 5.41) is 1.12. The summed E-state index contributed by atoms with van der Waals surface area (Å²) in [5.41, 5.74) is 4.29. The number of nitrogens with zero attached hydrogens (tertiary/aromatic N) is 1. The van der Waals surface area contributed by atoms with Gasteiger partial charge in [0.2, 0.25) is 0 Å². The molecular formula is C27H22Cl2N2O3. The molecule has 7 heteroatoms. The van der Waals surface area contributed by atoms with Gasteiger partial charge in [0.05, 0.1) is 22.0 Å². The maximum Gasteiger partial charge on any atom is 0.337 e.